The zero-order valence-corrected chi connectivity index (χ0v) is 12.2. The van der Waals surface area contributed by atoms with Crippen LogP contribution in [-0.2, 0) is 6.54 Å². The summed E-state index contributed by atoms with van der Waals surface area (Å²) in [7, 11) is 1.56. The molecule has 5 heteroatoms. The first-order valence-electron chi connectivity index (χ1n) is 6.39. The van der Waals surface area contributed by atoms with Crippen LogP contribution in [0.4, 0.5) is 5.69 Å². The lowest BCUT2D eigenvalue weighted by Gasteiger charge is -2.10. The van der Waals surface area contributed by atoms with Gasteiger partial charge in [0, 0.05) is 19.3 Å². The van der Waals surface area contributed by atoms with Crippen LogP contribution in [-0.4, -0.2) is 13.0 Å². The highest BCUT2D eigenvalue weighted by Crippen LogP contribution is 2.21. The predicted octanol–water partition coefficient (Wildman–Crippen LogP) is 3.18. The Morgan fingerprint density at radius 3 is 2.71 bits per heavy atom. The minimum Gasteiger partial charge on any atom is -0.381 e. The van der Waals surface area contributed by atoms with Crippen LogP contribution in [0.3, 0.4) is 0 Å². The molecule has 2 aromatic carbocycles. The molecule has 2 rings (SSSR count). The highest BCUT2D eigenvalue weighted by atomic mass is 35.5. The molecule has 0 bridgehead atoms. The molecule has 0 aliphatic heterocycles. The van der Waals surface area contributed by atoms with Gasteiger partial charge in [-0.05, 0) is 29.8 Å². The van der Waals surface area contributed by atoms with E-state index in [1.165, 1.54) is 0 Å². The molecule has 0 heterocycles. The standard InChI is InChI=1S/C16H14ClN3O/c1-19-16(21)14-7-6-13(8-15(14)17)20-10-12-5-3-2-4-11(12)9-18/h2-8,20H,10H2,1H3,(H,19,21). The second-order valence-corrected chi connectivity index (χ2v) is 4.80. The van der Waals surface area contributed by atoms with E-state index in [0.29, 0.717) is 22.7 Å². The van der Waals surface area contributed by atoms with Crippen molar-refractivity contribution < 1.29 is 4.79 Å². The minimum atomic E-state index is -0.221. The number of rotatable bonds is 4. The molecule has 0 saturated carbocycles. The van der Waals surface area contributed by atoms with Gasteiger partial charge in [-0.2, -0.15) is 5.26 Å². The van der Waals surface area contributed by atoms with Gasteiger partial charge in [-0.15, -0.1) is 0 Å². The number of carbonyl (C=O) groups excluding carboxylic acids is 1. The number of benzene rings is 2. The summed E-state index contributed by atoms with van der Waals surface area (Å²) in [5.74, 6) is -0.221. The molecule has 0 aliphatic rings. The van der Waals surface area contributed by atoms with Crippen LogP contribution >= 0.6 is 11.6 Å². The van der Waals surface area contributed by atoms with Crippen molar-refractivity contribution in [3.8, 4) is 6.07 Å². The zero-order valence-electron chi connectivity index (χ0n) is 11.5. The lowest BCUT2D eigenvalue weighted by Crippen LogP contribution is -2.18. The maximum Gasteiger partial charge on any atom is 0.252 e. The van der Waals surface area contributed by atoms with Gasteiger partial charge in [0.1, 0.15) is 0 Å². The summed E-state index contributed by atoms with van der Waals surface area (Å²) >= 11 is 6.09. The maximum absolute atomic E-state index is 11.6. The normalized spacial score (nSPS) is 9.76. The number of anilines is 1. The second kappa shape index (κ2) is 6.78. The van der Waals surface area contributed by atoms with Gasteiger partial charge in [-0.3, -0.25) is 4.79 Å². The molecule has 0 radical (unpaired) electrons. The summed E-state index contributed by atoms with van der Waals surface area (Å²) in [6.07, 6.45) is 0. The first-order chi connectivity index (χ1) is 10.2. The smallest absolute Gasteiger partial charge is 0.252 e. The van der Waals surface area contributed by atoms with Gasteiger partial charge in [0.15, 0.2) is 0 Å². The second-order valence-electron chi connectivity index (χ2n) is 4.40. The van der Waals surface area contributed by atoms with Crippen LogP contribution in [0.1, 0.15) is 21.5 Å². The molecule has 21 heavy (non-hydrogen) atoms. The van der Waals surface area contributed by atoms with Gasteiger partial charge < -0.3 is 10.6 Å². The van der Waals surface area contributed by atoms with Crippen LogP contribution in [0.5, 0.6) is 0 Å². The Bertz CT molecular complexity index is 707. The van der Waals surface area contributed by atoms with Gasteiger partial charge in [-0.25, -0.2) is 0 Å². The number of carbonyl (C=O) groups is 1. The van der Waals surface area contributed by atoms with Crippen LogP contribution in [0.15, 0.2) is 42.5 Å². The fourth-order valence-electron chi connectivity index (χ4n) is 1.92. The number of nitrogens with one attached hydrogen (secondary N) is 2. The molecule has 0 saturated heterocycles. The zero-order chi connectivity index (χ0) is 15.2. The summed E-state index contributed by atoms with van der Waals surface area (Å²) < 4.78 is 0. The number of hydrogen-bond donors (Lipinski definition) is 2. The van der Waals surface area contributed by atoms with Crippen molar-refractivity contribution >= 4 is 23.2 Å². The summed E-state index contributed by atoms with van der Waals surface area (Å²) in [6, 6.07) is 14.7. The average Bonchev–Trinajstić information content (AvgIpc) is 2.52. The Morgan fingerprint density at radius 1 is 1.29 bits per heavy atom. The molecule has 0 fully saturated rings. The van der Waals surface area contributed by atoms with Gasteiger partial charge in [0.05, 0.1) is 22.2 Å². The molecule has 0 spiro atoms. The minimum absolute atomic E-state index is 0.221. The molecule has 2 aromatic rings. The highest BCUT2D eigenvalue weighted by Gasteiger charge is 2.09. The molecule has 4 nitrogen and oxygen atoms in total. The number of halogens is 1. The molecule has 2 N–H and O–H groups in total. The van der Waals surface area contributed by atoms with Crippen molar-refractivity contribution in [2.45, 2.75) is 6.54 Å². The third kappa shape index (κ3) is 3.53. The number of nitriles is 1. The van der Waals surface area contributed by atoms with Crippen molar-refractivity contribution in [2.24, 2.45) is 0 Å². The lowest BCUT2D eigenvalue weighted by atomic mass is 10.1. The number of hydrogen-bond acceptors (Lipinski definition) is 3. The maximum atomic E-state index is 11.6. The first-order valence-corrected chi connectivity index (χ1v) is 6.77. The van der Waals surface area contributed by atoms with E-state index in [2.05, 4.69) is 16.7 Å². The molecule has 1 amide bonds. The molecule has 0 aromatic heterocycles. The van der Waals surface area contributed by atoms with E-state index in [1.54, 1.807) is 31.3 Å². The molecule has 0 unspecified atom stereocenters. The van der Waals surface area contributed by atoms with Gasteiger partial charge in [0.2, 0.25) is 0 Å². The SMILES string of the molecule is CNC(=O)c1ccc(NCc2ccccc2C#N)cc1Cl. The molecule has 0 aliphatic carbocycles. The van der Waals surface area contributed by atoms with E-state index in [0.717, 1.165) is 11.3 Å². The third-order valence-corrected chi connectivity index (χ3v) is 3.37. The van der Waals surface area contributed by atoms with E-state index in [9.17, 15) is 4.79 Å². The molecule has 0 atom stereocenters. The van der Waals surface area contributed by atoms with Crippen molar-refractivity contribution in [3.63, 3.8) is 0 Å². The Hall–Kier alpha value is -2.51. The molecular formula is C16H14ClN3O. The largest absolute Gasteiger partial charge is 0.381 e. The highest BCUT2D eigenvalue weighted by molar-refractivity contribution is 6.34. The number of nitrogens with zero attached hydrogens (tertiary/aromatic N) is 1. The van der Waals surface area contributed by atoms with Crippen molar-refractivity contribution in [1.82, 2.24) is 5.32 Å². The quantitative estimate of drug-likeness (QED) is 0.911. The Morgan fingerprint density at radius 2 is 2.05 bits per heavy atom. The van der Waals surface area contributed by atoms with Crippen LogP contribution in [0.25, 0.3) is 0 Å². The van der Waals surface area contributed by atoms with Crippen LogP contribution in [0, 0.1) is 11.3 Å². The van der Waals surface area contributed by atoms with Crippen LogP contribution < -0.4 is 10.6 Å². The summed E-state index contributed by atoms with van der Waals surface area (Å²) in [5.41, 5.74) is 2.77. The van der Waals surface area contributed by atoms with Gasteiger partial charge >= 0.3 is 0 Å². The van der Waals surface area contributed by atoms with Gasteiger partial charge in [0.25, 0.3) is 5.91 Å². The fraction of sp³-hybridized carbons (Fsp3) is 0.125. The lowest BCUT2D eigenvalue weighted by molar-refractivity contribution is 0.0963. The summed E-state index contributed by atoms with van der Waals surface area (Å²) in [5, 5.41) is 15.2. The van der Waals surface area contributed by atoms with Crippen molar-refractivity contribution in [3.05, 3.63) is 64.2 Å². The van der Waals surface area contributed by atoms with Gasteiger partial charge in [-0.1, -0.05) is 29.8 Å². The number of amides is 1. The van der Waals surface area contributed by atoms with Crippen molar-refractivity contribution in [1.29, 1.82) is 5.26 Å². The third-order valence-electron chi connectivity index (χ3n) is 3.06. The van der Waals surface area contributed by atoms with E-state index in [1.807, 2.05) is 18.2 Å². The predicted molar refractivity (Wildman–Crippen MR) is 83.3 cm³/mol. The monoisotopic (exact) mass is 299 g/mol. The summed E-state index contributed by atoms with van der Waals surface area (Å²) in [6.45, 7) is 0.513. The summed E-state index contributed by atoms with van der Waals surface area (Å²) in [4.78, 5) is 11.6. The van der Waals surface area contributed by atoms with E-state index < -0.39 is 0 Å². The molecular weight excluding hydrogens is 286 g/mol. The van der Waals surface area contributed by atoms with E-state index in [4.69, 9.17) is 16.9 Å². The Balaban J connectivity index is 2.13. The van der Waals surface area contributed by atoms with Crippen molar-refractivity contribution in [2.75, 3.05) is 12.4 Å². The van der Waals surface area contributed by atoms with E-state index in [-0.39, 0.29) is 5.91 Å². The van der Waals surface area contributed by atoms with E-state index >= 15 is 0 Å². The topological polar surface area (TPSA) is 64.9 Å². The Kier molecular flexibility index (Phi) is 4.81. The molecule has 106 valence electrons. The fourth-order valence-corrected chi connectivity index (χ4v) is 2.19. The average molecular weight is 300 g/mol. The Labute approximate surface area is 128 Å². The van der Waals surface area contributed by atoms with Crippen LogP contribution in [0.2, 0.25) is 5.02 Å². The first kappa shape index (κ1) is 14.9.